The zero-order valence-corrected chi connectivity index (χ0v) is 5.75. The molecule has 1 heterocycles. The van der Waals surface area contributed by atoms with Crippen molar-refractivity contribution in [3.05, 3.63) is 10.7 Å². The summed E-state index contributed by atoms with van der Waals surface area (Å²) in [7, 11) is 0. The van der Waals surface area contributed by atoms with Gasteiger partial charge in [-0.25, -0.2) is 0 Å². The summed E-state index contributed by atoms with van der Waals surface area (Å²) in [6.45, 7) is 1.72. The van der Waals surface area contributed by atoms with Gasteiger partial charge < -0.3 is 5.11 Å². The third-order valence-electron chi connectivity index (χ3n) is 0.842. The lowest BCUT2D eigenvalue weighted by molar-refractivity contribution is 0.487. The van der Waals surface area contributed by atoms with E-state index >= 15 is 0 Å². The number of halogens is 1. The van der Waals surface area contributed by atoms with Crippen molar-refractivity contribution in [1.82, 2.24) is 4.37 Å². The third kappa shape index (κ3) is 0.788. The Hall–Kier alpha value is -0.280. The summed E-state index contributed by atoms with van der Waals surface area (Å²) in [6.07, 6.45) is 0. The first-order valence-electron chi connectivity index (χ1n) is 2.02. The Kier molecular flexibility index (Phi) is 1.40. The molecule has 0 aliphatic rings. The van der Waals surface area contributed by atoms with Crippen molar-refractivity contribution < 1.29 is 5.11 Å². The Morgan fingerprint density at radius 3 is 2.50 bits per heavy atom. The van der Waals surface area contributed by atoms with Gasteiger partial charge in [0.25, 0.3) is 0 Å². The van der Waals surface area contributed by atoms with Gasteiger partial charge in [-0.05, 0) is 6.92 Å². The number of rotatable bonds is 0. The molecule has 1 aromatic heterocycles. The first-order chi connectivity index (χ1) is 3.72. The molecule has 1 aromatic rings. The van der Waals surface area contributed by atoms with Crippen LogP contribution in [0.1, 0.15) is 5.56 Å². The quantitative estimate of drug-likeness (QED) is 0.611. The highest BCUT2D eigenvalue weighted by Crippen LogP contribution is 2.27. The van der Waals surface area contributed by atoms with Gasteiger partial charge in [0, 0.05) is 17.1 Å². The van der Waals surface area contributed by atoms with Gasteiger partial charge in [-0.2, -0.15) is 4.37 Å². The van der Waals surface area contributed by atoms with E-state index in [2.05, 4.69) is 4.37 Å². The number of aromatic nitrogens is 1. The van der Waals surface area contributed by atoms with Crippen molar-refractivity contribution in [3.8, 4) is 5.06 Å². The van der Waals surface area contributed by atoms with Gasteiger partial charge in [-0.15, -0.1) is 0 Å². The number of hydrogen-bond acceptors (Lipinski definition) is 3. The Morgan fingerprint density at radius 1 is 1.75 bits per heavy atom. The fraction of sp³-hybridized carbons (Fsp3) is 0.250. The van der Waals surface area contributed by atoms with Gasteiger partial charge >= 0.3 is 0 Å². The molecule has 0 aromatic carbocycles. The Balaban J connectivity index is 3.19. The lowest BCUT2D eigenvalue weighted by Crippen LogP contribution is -1.63. The van der Waals surface area contributed by atoms with Crippen LogP contribution in [0.25, 0.3) is 0 Å². The molecule has 8 heavy (non-hydrogen) atoms. The molecular weight excluding hydrogens is 146 g/mol. The summed E-state index contributed by atoms with van der Waals surface area (Å²) < 4.78 is 3.67. The summed E-state index contributed by atoms with van der Waals surface area (Å²) in [5, 5.41) is 9.41. The molecule has 0 aliphatic heterocycles. The molecule has 0 fully saturated rings. The van der Waals surface area contributed by atoms with Crippen LogP contribution in [-0.4, -0.2) is 9.48 Å². The molecule has 44 valence electrons. The van der Waals surface area contributed by atoms with E-state index in [4.69, 9.17) is 16.7 Å². The van der Waals surface area contributed by atoms with Gasteiger partial charge in [-0.1, -0.05) is 11.6 Å². The molecule has 0 radical (unpaired) electrons. The standard InChI is InChI=1S/C4H4ClNOS/c1-2-3(5)6-8-4(2)7/h7H,1H3. The average molecular weight is 150 g/mol. The minimum atomic E-state index is 0.204. The molecular formula is C4H4ClNOS. The molecule has 0 bridgehead atoms. The van der Waals surface area contributed by atoms with Crippen LogP contribution in [0.2, 0.25) is 5.15 Å². The third-order valence-corrected chi connectivity index (χ3v) is 2.06. The molecule has 0 saturated heterocycles. The second kappa shape index (κ2) is 1.91. The van der Waals surface area contributed by atoms with E-state index in [1.54, 1.807) is 6.92 Å². The first-order valence-corrected chi connectivity index (χ1v) is 3.17. The van der Waals surface area contributed by atoms with E-state index in [1.165, 1.54) is 0 Å². The number of hydrogen-bond donors (Lipinski definition) is 1. The number of nitrogens with zero attached hydrogens (tertiary/aromatic N) is 1. The molecule has 0 amide bonds. The lowest BCUT2D eigenvalue weighted by atomic mass is 10.4. The van der Waals surface area contributed by atoms with Crippen LogP contribution < -0.4 is 0 Å². The van der Waals surface area contributed by atoms with Crippen molar-refractivity contribution in [1.29, 1.82) is 0 Å². The summed E-state index contributed by atoms with van der Waals surface area (Å²) in [6, 6.07) is 0. The van der Waals surface area contributed by atoms with Crippen molar-refractivity contribution >= 4 is 23.1 Å². The molecule has 0 spiro atoms. The monoisotopic (exact) mass is 149 g/mol. The predicted molar refractivity (Wildman–Crippen MR) is 33.5 cm³/mol. The summed E-state index contributed by atoms with van der Waals surface area (Å²) >= 11 is 6.47. The van der Waals surface area contributed by atoms with Crippen molar-refractivity contribution in [2.45, 2.75) is 6.92 Å². The highest BCUT2D eigenvalue weighted by atomic mass is 35.5. The van der Waals surface area contributed by atoms with E-state index in [9.17, 15) is 0 Å². The highest BCUT2D eigenvalue weighted by molar-refractivity contribution is 7.08. The first kappa shape index (κ1) is 5.85. The minimum absolute atomic E-state index is 0.204. The fourth-order valence-electron chi connectivity index (χ4n) is 0.308. The van der Waals surface area contributed by atoms with Crippen LogP contribution in [0.3, 0.4) is 0 Å². The zero-order valence-electron chi connectivity index (χ0n) is 4.18. The van der Waals surface area contributed by atoms with E-state index < -0.39 is 0 Å². The van der Waals surface area contributed by atoms with Crippen molar-refractivity contribution in [3.63, 3.8) is 0 Å². The van der Waals surface area contributed by atoms with Gasteiger partial charge in [0.2, 0.25) is 0 Å². The average Bonchev–Trinajstić information content (AvgIpc) is 1.98. The normalized spacial score (nSPS) is 9.75. The predicted octanol–water partition coefficient (Wildman–Crippen LogP) is 1.81. The van der Waals surface area contributed by atoms with Crippen molar-refractivity contribution in [2.75, 3.05) is 0 Å². The molecule has 2 nitrogen and oxygen atoms in total. The maximum atomic E-state index is 8.81. The summed E-state index contributed by atoms with van der Waals surface area (Å²) in [5.41, 5.74) is 0.664. The zero-order chi connectivity index (χ0) is 6.15. The van der Waals surface area contributed by atoms with Crippen LogP contribution in [-0.2, 0) is 0 Å². The Bertz CT molecular complexity index is 178. The largest absolute Gasteiger partial charge is 0.498 e. The second-order valence-corrected chi connectivity index (χ2v) is 2.51. The van der Waals surface area contributed by atoms with E-state index in [0.717, 1.165) is 11.5 Å². The highest BCUT2D eigenvalue weighted by Gasteiger charge is 2.03. The molecule has 1 rings (SSSR count). The van der Waals surface area contributed by atoms with E-state index in [0.29, 0.717) is 10.7 Å². The van der Waals surface area contributed by atoms with Crippen LogP contribution in [0.4, 0.5) is 0 Å². The van der Waals surface area contributed by atoms with Crippen LogP contribution in [0.5, 0.6) is 5.06 Å². The van der Waals surface area contributed by atoms with Gasteiger partial charge in [-0.3, -0.25) is 0 Å². The SMILES string of the molecule is Cc1c(Cl)nsc1O. The number of aromatic hydroxyl groups is 1. The Labute approximate surface area is 55.9 Å². The molecule has 1 N–H and O–H groups in total. The maximum absolute atomic E-state index is 8.81. The topological polar surface area (TPSA) is 33.1 Å². The molecule has 0 unspecified atom stereocenters. The van der Waals surface area contributed by atoms with Crippen LogP contribution in [0, 0.1) is 6.92 Å². The molecule has 0 aliphatic carbocycles. The second-order valence-electron chi connectivity index (χ2n) is 1.40. The fourth-order valence-corrected chi connectivity index (χ4v) is 1.09. The van der Waals surface area contributed by atoms with Crippen LogP contribution in [0.15, 0.2) is 0 Å². The molecule has 0 atom stereocenters. The van der Waals surface area contributed by atoms with Crippen molar-refractivity contribution in [2.24, 2.45) is 0 Å². The molecule has 0 saturated carbocycles. The smallest absolute Gasteiger partial charge is 0.195 e. The molecule has 4 heteroatoms. The summed E-state index contributed by atoms with van der Waals surface area (Å²) in [4.78, 5) is 0. The lowest BCUT2D eigenvalue weighted by Gasteiger charge is -1.80. The Morgan fingerprint density at radius 2 is 2.38 bits per heavy atom. The minimum Gasteiger partial charge on any atom is -0.498 e. The van der Waals surface area contributed by atoms with Gasteiger partial charge in [0.05, 0.1) is 0 Å². The summed E-state index contributed by atoms with van der Waals surface area (Å²) in [5.74, 6) is 0. The van der Waals surface area contributed by atoms with E-state index in [1.807, 2.05) is 0 Å². The maximum Gasteiger partial charge on any atom is 0.195 e. The van der Waals surface area contributed by atoms with Gasteiger partial charge in [0.1, 0.15) is 5.15 Å². The van der Waals surface area contributed by atoms with E-state index in [-0.39, 0.29) is 5.06 Å². The van der Waals surface area contributed by atoms with Crippen LogP contribution >= 0.6 is 23.1 Å². The van der Waals surface area contributed by atoms with Gasteiger partial charge in [0.15, 0.2) is 5.06 Å².